The zero-order valence-electron chi connectivity index (χ0n) is 12.8. The molecule has 7 nitrogen and oxygen atoms in total. The third kappa shape index (κ3) is 2.64. The maximum Gasteiger partial charge on any atom is 0.224 e. The Morgan fingerprint density at radius 3 is 2.80 bits per heavy atom. The van der Waals surface area contributed by atoms with Gasteiger partial charge in [-0.05, 0) is 25.0 Å². The molecule has 0 radical (unpaired) electrons. The summed E-state index contributed by atoms with van der Waals surface area (Å²) >= 11 is 0. The number of nitrogen functional groups attached to an aromatic ring is 1. The Morgan fingerprint density at radius 2 is 2.04 bits per heavy atom. The highest BCUT2D eigenvalue weighted by Crippen LogP contribution is 2.30. The molecule has 1 fully saturated rings. The van der Waals surface area contributed by atoms with Crippen LogP contribution in [-0.4, -0.2) is 26.1 Å². The first kappa shape index (κ1) is 15.6. The molecular formula is C15H13F3N6O. The van der Waals surface area contributed by atoms with Crippen LogP contribution in [0.15, 0.2) is 18.5 Å². The number of hydrogen-bond donors (Lipinski definition) is 2. The van der Waals surface area contributed by atoms with Crippen molar-refractivity contribution in [3.63, 3.8) is 0 Å². The Hall–Kier alpha value is -2.88. The van der Waals surface area contributed by atoms with Crippen molar-refractivity contribution in [3.8, 4) is 0 Å². The number of nitrogens with two attached hydrogens (primary N) is 1. The average molecular weight is 350 g/mol. The van der Waals surface area contributed by atoms with Crippen molar-refractivity contribution in [1.29, 1.82) is 0 Å². The van der Waals surface area contributed by atoms with Gasteiger partial charge in [-0.3, -0.25) is 4.57 Å². The molecule has 1 aliphatic rings. The standard InChI is InChI=1S/C15H13F3N6O/c16-7-3-4-8(11(18)10(7)17)21-13-12-14(23-15(19)22-13)24(6-20-12)9-2-1-5-25-9/h3-4,6,9H,1-2,5H2,(H3,19,21,22,23). The molecule has 1 aromatic carbocycles. The van der Waals surface area contributed by atoms with Crippen molar-refractivity contribution in [2.75, 3.05) is 17.7 Å². The van der Waals surface area contributed by atoms with Crippen molar-refractivity contribution >= 4 is 28.6 Å². The number of ether oxygens (including phenoxy) is 1. The lowest BCUT2D eigenvalue weighted by atomic mass is 10.2. The van der Waals surface area contributed by atoms with Gasteiger partial charge >= 0.3 is 0 Å². The normalized spacial score (nSPS) is 17.3. The molecule has 0 amide bonds. The van der Waals surface area contributed by atoms with Crippen LogP contribution in [0.1, 0.15) is 19.1 Å². The summed E-state index contributed by atoms with van der Waals surface area (Å²) < 4.78 is 47.7. The van der Waals surface area contributed by atoms with Crippen LogP contribution < -0.4 is 11.1 Å². The maximum absolute atomic E-state index is 13.9. The van der Waals surface area contributed by atoms with Crippen LogP contribution in [0.3, 0.4) is 0 Å². The predicted molar refractivity (Wildman–Crippen MR) is 83.6 cm³/mol. The fourth-order valence-corrected chi connectivity index (χ4v) is 2.76. The molecule has 130 valence electrons. The number of benzene rings is 1. The molecular weight excluding hydrogens is 337 g/mol. The molecule has 1 unspecified atom stereocenters. The Morgan fingerprint density at radius 1 is 1.20 bits per heavy atom. The molecule has 10 heteroatoms. The second kappa shape index (κ2) is 5.88. The van der Waals surface area contributed by atoms with Crippen molar-refractivity contribution in [3.05, 3.63) is 35.9 Å². The monoisotopic (exact) mass is 350 g/mol. The lowest BCUT2D eigenvalue weighted by molar-refractivity contribution is 0.0593. The molecule has 3 heterocycles. The van der Waals surface area contributed by atoms with Gasteiger partial charge in [-0.2, -0.15) is 9.97 Å². The lowest BCUT2D eigenvalue weighted by Crippen LogP contribution is -2.09. The number of aromatic nitrogens is 4. The average Bonchev–Trinajstić information content (AvgIpc) is 3.24. The molecule has 3 aromatic rings. The van der Waals surface area contributed by atoms with Crippen LogP contribution in [-0.2, 0) is 4.74 Å². The number of anilines is 3. The second-order valence-corrected chi connectivity index (χ2v) is 5.57. The first-order valence-corrected chi connectivity index (χ1v) is 7.57. The van der Waals surface area contributed by atoms with Crippen molar-refractivity contribution in [1.82, 2.24) is 19.5 Å². The van der Waals surface area contributed by atoms with Crippen LogP contribution in [0.4, 0.5) is 30.6 Å². The van der Waals surface area contributed by atoms with Crippen LogP contribution in [0.25, 0.3) is 11.2 Å². The van der Waals surface area contributed by atoms with Crippen LogP contribution >= 0.6 is 0 Å². The highest BCUT2D eigenvalue weighted by atomic mass is 19.2. The molecule has 1 saturated heterocycles. The van der Waals surface area contributed by atoms with E-state index in [0.717, 1.165) is 25.0 Å². The second-order valence-electron chi connectivity index (χ2n) is 5.57. The number of nitrogens with zero attached hydrogens (tertiary/aromatic N) is 4. The fraction of sp³-hybridized carbons (Fsp3) is 0.267. The Bertz CT molecular complexity index is 954. The molecule has 25 heavy (non-hydrogen) atoms. The van der Waals surface area contributed by atoms with Gasteiger partial charge in [-0.1, -0.05) is 0 Å². The number of halogens is 3. The van der Waals surface area contributed by atoms with E-state index in [-0.39, 0.29) is 23.7 Å². The van der Waals surface area contributed by atoms with E-state index in [0.29, 0.717) is 17.8 Å². The van der Waals surface area contributed by atoms with E-state index in [9.17, 15) is 13.2 Å². The first-order chi connectivity index (χ1) is 12.0. The molecule has 0 aliphatic carbocycles. The molecule has 0 spiro atoms. The van der Waals surface area contributed by atoms with E-state index < -0.39 is 17.5 Å². The first-order valence-electron chi connectivity index (χ1n) is 7.57. The van der Waals surface area contributed by atoms with Gasteiger partial charge in [0.2, 0.25) is 5.95 Å². The largest absolute Gasteiger partial charge is 0.368 e. The Labute approximate surface area is 139 Å². The minimum atomic E-state index is -1.58. The maximum atomic E-state index is 13.9. The van der Waals surface area contributed by atoms with E-state index >= 15 is 0 Å². The number of rotatable bonds is 3. The van der Waals surface area contributed by atoms with Gasteiger partial charge in [0, 0.05) is 6.61 Å². The number of imidazole rings is 1. The van der Waals surface area contributed by atoms with Gasteiger partial charge in [0.1, 0.15) is 6.23 Å². The molecule has 0 bridgehead atoms. The summed E-state index contributed by atoms with van der Waals surface area (Å²) in [5.74, 6) is -4.20. The smallest absolute Gasteiger partial charge is 0.224 e. The lowest BCUT2D eigenvalue weighted by Gasteiger charge is -2.12. The number of hydrogen-bond acceptors (Lipinski definition) is 6. The SMILES string of the molecule is Nc1nc(Nc2ccc(F)c(F)c2F)c2ncn(C3CCCO3)c2n1. The van der Waals surface area contributed by atoms with E-state index in [1.807, 2.05) is 0 Å². The highest BCUT2D eigenvalue weighted by molar-refractivity contribution is 5.86. The summed E-state index contributed by atoms with van der Waals surface area (Å²) in [6.07, 6.45) is 3.03. The topological polar surface area (TPSA) is 90.9 Å². The Kier molecular flexibility index (Phi) is 3.68. The fourth-order valence-electron chi connectivity index (χ4n) is 2.76. The number of fused-ring (bicyclic) bond motifs is 1. The van der Waals surface area contributed by atoms with E-state index in [2.05, 4.69) is 20.3 Å². The van der Waals surface area contributed by atoms with Gasteiger partial charge < -0.3 is 15.8 Å². The molecule has 0 saturated carbocycles. The molecule has 3 N–H and O–H groups in total. The van der Waals surface area contributed by atoms with Crippen molar-refractivity contribution < 1.29 is 17.9 Å². The minimum Gasteiger partial charge on any atom is -0.368 e. The van der Waals surface area contributed by atoms with Gasteiger partial charge in [0.05, 0.1) is 12.0 Å². The number of nitrogens with one attached hydrogen (secondary N) is 1. The molecule has 1 aliphatic heterocycles. The summed E-state index contributed by atoms with van der Waals surface area (Å²) in [5.41, 5.74) is 6.16. The summed E-state index contributed by atoms with van der Waals surface area (Å²) in [6.45, 7) is 0.635. The molecule has 4 rings (SSSR count). The van der Waals surface area contributed by atoms with Gasteiger partial charge in [0.15, 0.2) is 34.4 Å². The summed E-state index contributed by atoms with van der Waals surface area (Å²) in [7, 11) is 0. The Balaban J connectivity index is 1.79. The summed E-state index contributed by atoms with van der Waals surface area (Å²) in [6, 6.07) is 1.88. The van der Waals surface area contributed by atoms with E-state index in [1.165, 1.54) is 6.33 Å². The minimum absolute atomic E-state index is 0.0715. The molecule has 2 aromatic heterocycles. The highest BCUT2D eigenvalue weighted by Gasteiger charge is 2.23. The quantitative estimate of drug-likeness (QED) is 0.706. The third-order valence-electron chi connectivity index (χ3n) is 3.94. The van der Waals surface area contributed by atoms with Gasteiger partial charge in [-0.15, -0.1) is 0 Å². The van der Waals surface area contributed by atoms with Gasteiger partial charge in [0.25, 0.3) is 0 Å². The van der Waals surface area contributed by atoms with E-state index in [1.54, 1.807) is 4.57 Å². The van der Waals surface area contributed by atoms with Crippen molar-refractivity contribution in [2.24, 2.45) is 0 Å². The van der Waals surface area contributed by atoms with Gasteiger partial charge in [-0.25, -0.2) is 18.2 Å². The summed E-state index contributed by atoms with van der Waals surface area (Å²) in [5, 5.41) is 2.60. The van der Waals surface area contributed by atoms with Crippen LogP contribution in [0.5, 0.6) is 0 Å². The third-order valence-corrected chi connectivity index (χ3v) is 3.94. The summed E-state index contributed by atoms with van der Waals surface area (Å²) in [4.78, 5) is 12.4. The zero-order valence-corrected chi connectivity index (χ0v) is 12.8. The predicted octanol–water partition coefficient (Wildman–Crippen LogP) is 2.88. The van der Waals surface area contributed by atoms with E-state index in [4.69, 9.17) is 10.5 Å². The zero-order chi connectivity index (χ0) is 17.6. The van der Waals surface area contributed by atoms with Crippen molar-refractivity contribution in [2.45, 2.75) is 19.1 Å². The van der Waals surface area contributed by atoms with Crippen LogP contribution in [0, 0.1) is 17.5 Å². The van der Waals surface area contributed by atoms with Crippen LogP contribution in [0.2, 0.25) is 0 Å². The molecule has 1 atom stereocenters.